The molecule has 120 valence electrons. The summed E-state index contributed by atoms with van der Waals surface area (Å²) in [5, 5.41) is 0. The zero-order valence-electron chi connectivity index (χ0n) is 14.3. The van der Waals surface area contributed by atoms with Crippen molar-refractivity contribution in [3.63, 3.8) is 0 Å². The van der Waals surface area contributed by atoms with Crippen LogP contribution in [0.4, 0.5) is 0 Å². The van der Waals surface area contributed by atoms with Crippen LogP contribution in [0.15, 0.2) is 30.3 Å². The van der Waals surface area contributed by atoms with Crippen LogP contribution >= 0.6 is 0 Å². The first kappa shape index (κ1) is 17.1. The Labute approximate surface area is 135 Å². The fraction of sp³-hybridized carbons (Fsp3) is 0.600. The predicted molar refractivity (Wildman–Crippen MR) is 92.7 cm³/mol. The molecule has 0 amide bonds. The lowest BCUT2D eigenvalue weighted by Gasteiger charge is -2.34. The monoisotopic (exact) mass is 299 g/mol. The van der Waals surface area contributed by atoms with E-state index in [2.05, 4.69) is 60.9 Å². The van der Waals surface area contributed by atoms with Gasteiger partial charge in [-0.1, -0.05) is 68.9 Å². The summed E-state index contributed by atoms with van der Waals surface area (Å²) in [6.07, 6.45) is 5.01. The van der Waals surface area contributed by atoms with Gasteiger partial charge in [-0.05, 0) is 31.5 Å². The molecule has 0 radical (unpaired) electrons. The van der Waals surface area contributed by atoms with Crippen molar-refractivity contribution in [2.75, 3.05) is 26.7 Å². The van der Waals surface area contributed by atoms with Gasteiger partial charge in [-0.15, -0.1) is 0 Å². The van der Waals surface area contributed by atoms with Crippen LogP contribution < -0.4 is 0 Å². The number of hydrogen-bond acceptors (Lipinski definition) is 2. The van der Waals surface area contributed by atoms with Crippen LogP contribution in [0.2, 0.25) is 0 Å². The highest BCUT2D eigenvalue weighted by Crippen LogP contribution is 2.42. The van der Waals surface area contributed by atoms with Crippen LogP contribution in [0.25, 0.3) is 0 Å². The maximum Gasteiger partial charge on any atom is 0.156 e. The third kappa shape index (κ3) is 3.72. The summed E-state index contributed by atoms with van der Waals surface area (Å²) in [6.45, 7) is 7.27. The topological polar surface area (TPSA) is 12.5 Å². The smallest absolute Gasteiger partial charge is 0.156 e. The van der Waals surface area contributed by atoms with Gasteiger partial charge in [0.05, 0.1) is 6.54 Å². The predicted octanol–water partition coefficient (Wildman–Crippen LogP) is 4.06. The second-order valence-electron chi connectivity index (χ2n) is 6.05. The van der Waals surface area contributed by atoms with Crippen LogP contribution in [-0.4, -0.2) is 31.6 Å². The third-order valence-corrected chi connectivity index (χ3v) is 4.93. The quantitative estimate of drug-likeness (QED) is 0.734. The molecule has 2 heteroatoms. The third-order valence-electron chi connectivity index (χ3n) is 4.93. The van der Waals surface area contributed by atoms with E-state index in [1.165, 1.54) is 31.2 Å². The molecule has 1 aliphatic carbocycles. The summed E-state index contributed by atoms with van der Waals surface area (Å²) in [5.74, 6) is 7.44. The number of methoxy groups -OCH3 is 1. The highest BCUT2D eigenvalue weighted by atomic mass is 16.5. The minimum Gasteiger partial charge on any atom is -0.361 e. The number of benzene rings is 1. The van der Waals surface area contributed by atoms with Crippen molar-refractivity contribution in [2.45, 2.75) is 45.1 Å². The van der Waals surface area contributed by atoms with E-state index < -0.39 is 5.60 Å². The highest BCUT2D eigenvalue weighted by molar-refractivity contribution is 5.34. The average Bonchev–Trinajstić information content (AvgIpc) is 3.11. The van der Waals surface area contributed by atoms with Crippen molar-refractivity contribution in [3.05, 3.63) is 35.9 Å². The van der Waals surface area contributed by atoms with E-state index >= 15 is 0 Å². The molecule has 2 nitrogen and oxygen atoms in total. The van der Waals surface area contributed by atoms with Gasteiger partial charge in [0.25, 0.3) is 0 Å². The summed E-state index contributed by atoms with van der Waals surface area (Å²) >= 11 is 0. The summed E-state index contributed by atoms with van der Waals surface area (Å²) in [7, 11) is 1.82. The van der Waals surface area contributed by atoms with Gasteiger partial charge in [-0.3, -0.25) is 4.90 Å². The largest absolute Gasteiger partial charge is 0.361 e. The Morgan fingerprint density at radius 2 is 1.77 bits per heavy atom. The van der Waals surface area contributed by atoms with Gasteiger partial charge < -0.3 is 4.74 Å². The fourth-order valence-corrected chi connectivity index (χ4v) is 3.49. The van der Waals surface area contributed by atoms with Crippen molar-refractivity contribution in [2.24, 2.45) is 5.92 Å². The first-order valence-electron chi connectivity index (χ1n) is 8.59. The minimum atomic E-state index is -0.440. The number of rotatable bonds is 6. The van der Waals surface area contributed by atoms with Gasteiger partial charge >= 0.3 is 0 Å². The van der Waals surface area contributed by atoms with Crippen molar-refractivity contribution in [3.8, 4) is 11.8 Å². The molecule has 0 spiro atoms. The maximum atomic E-state index is 6.06. The second-order valence-corrected chi connectivity index (χ2v) is 6.05. The molecule has 0 aromatic heterocycles. The van der Waals surface area contributed by atoms with E-state index in [0.717, 1.165) is 19.6 Å². The lowest BCUT2D eigenvalue weighted by atomic mass is 9.80. The zero-order chi connectivity index (χ0) is 15.8. The molecule has 0 aliphatic heterocycles. The van der Waals surface area contributed by atoms with Gasteiger partial charge in [0.2, 0.25) is 0 Å². The highest BCUT2D eigenvalue weighted by Gasteiger charge is 2.40. The van der Waals surface area contributed by atoms with E-state index in [4.69, 9.17) is 4.74 Å². The van der Waals surface area contributed by atoms with E-state index in [1.807, 2.05) is 7.11 Å². The van der Waals surface area contributed by atoms with Crippen molar-refractivity contribution < 1.29 is 4.74 Å². The van der Waals surface area contributed by atoms with Gasteiger partial charge in [-0.2, -0.15) is 0 Å². The summed E-state index contributed by atoms with van der Waals surface area (Å²) in [5.41, 5.74) is 0.765. The van der Waals surface area contributed by atoms with Crippen LogP contribution in [0.1, 0.15) is 45.1 Å². The van der Waals surface area contributed by atoms with Crippen LogP contribution in [0.5, 0.6) is 0 Å². The van der Waals surface area contributed by atoms with Crippen molar-refractivity contribution in [1.82, 2.24) is 4.90 Å². The molecule has 0 heterocycles. The summed E-state index contributed by atoms with van der Waals surface area (Å²) in [4.78, 5) is 2.34. The maximum absolute atomic E-state index is 6.06. The molecular formula is C20H29NO. The Hall–Kier alpha value is -1.30. The minimum absolute atomic E-state index is 0.440. The van der Waals surface area contributed by atoms with E-state index in [0.29, 0.717) is 5.92 Å². The molecule has 1 atom stereocenters. The van der Waals surface area contributed by atoms with Crippen LogP contribution in [0.3, 0.4) is 0 Å². The van der Waals surface area contributed by atoms with Crippen molar-refractivity contribution in [1.29, 1.82) is 0 Å². The van der Waals surface area contributed by atoms with Gasteiger partial charge in [0, 0.05) is 13.0 Å². The second kappa shape index (κ2) is 8.36. The molecule has 0 bridgehead atoms. The van der Waals surface area contributed by atoms with E-state index in [-0.39, 0.29) is 0 Å². The first-order valence-corrected chi connectivity index (χ1v) is 8.59. The van der Waals surface area contributed by atoms with Crippen LogP contribution in [-0.2, 0) is 10.3 Å². The Kier molecular flexibility index (Phi) is 6.49. The molecule has 2 rings (SSSR count). The first-order chi connectivity index (χ1) is 10.8. The Morgan fingerprint density at radius 1 is 1.14 bits per heavy atom. The number of ether oxygens (including phenoxy) is 1. The lowest BCUT2D eigenvalue weighted by Crippen LogP contribution is -2.35. The number of hydrogen-bond donors (Lipinski definition) is 0. The van der Waals surface area contributed by atoms with Crippen molar-refractivity contribution >= 4 is 0 Å². The van der Waals surface area contributed by atoms with E-state index in [9.17, 15) is 0 Å². The standard InChI is InChI=1S/C20H29NO/c1-4-21(5-2)17-11-16-20(22-3,19-14-9-10-15-19)18-12-7-6-8-13-18/h6-8,12-13,19H,4-5,9-10,14-15,17H2,1-3H3. The summed E-state index contributed by atoms with van der Waals surface area (Å²) < 4.78 is 6.06. The Morgan fingerprint density at radius 3 is 2.32 bits per heavy atom. The molecule has 0 N–H and O–H groups in total. The Bertz CT molecular complexity index is 491. The lowest BCUT2D eigenvalue weighted by molar-refractivity contribution is -0.0120. The normalized spacial score (nSPS) is 18.0. The molecule has 1 aromatic rings. The van der Waals surface area contributed by atoms with E-state index in [1.54, 1.807) is 0 Å². The van der Waals surface area contributed by atoms with Crippen LogP contribution in [0, 0.1) is 17.8 Å². The van der Waals surface area contributed by atoms with Gasteiger partial charge in [0.1, 0.15) is 0 Å². The SMILES string of the molecule is CCN(CC)CC#CC(OC)(c1ccccc1)C1CCCC1. The Balaban J connectivity index is 2.30. The molecule has 1 aliphatic rings. The summed E-state index contributed by atoms with van der Waals surface area (Å²) in [6, 6.07) is 10.6. The molecule has 22 heavy (non-hydrogen) atoms. The molecular weight excluding hydrogens is 270 g/mol. The van der Waals surface area contributed by atoms with Gasteiger partial charge in [0.15, 0.2) is 5.60 Å². The molecule has 0 saturated heterocycles. The molecule has 1 aromatic carbocycles. The zero-order valence-corrected chi connectivity index (χ0v) is 14.3. The number of nitrogens with zero attached hydrogens (tertiary/aromatic N) is 1. The molecule has 1 unspecified atom stereocenters. The van der Waals surface area contributed by atoms with Gasteiger partial charge in [-0.25, -0.2) is 0 Å². The average molecular weight is 299 g/mol. The fourth-order valence-electron chi connectivity index (χ4n) is 3.49. The molecule has 1 fully saturated rings. The molecule has 1 saturated carbocycles.